The summed E-state index contributed by atoms with van der Waals surface area (Å²) in [4.78, 5) is 11.8. The maximum atomic E-state index is 11.8. The van der Waals surface area contributed by atoms with Gasteiger partial charge in [-0.1, -0.05) is 29.8 Å². The Balaban J connectivity index is 2.05. The Bertz CT molecular complexity index is 648. The number of phenolic OH excluding ortho intramolecular Hbond substituents is 1. The fourth-order valence-corrected chi connectivity index (χ4v) is 1.80. The van der Waals surface area contributed by atoms with Crippen LogP contribution >= 0.6 is 11.6 Å². The highest BCUT2D eigenvalue weighted by Crippen LogP contribution is 2.23. The van der Waals surface area contributed by atoms with Crippen molar-refractivity contribution >= 4 is 29.3 Å². The molecule has 2 rings (SSSR count). The first-order chi connectivity index (χ1) is 9.54. The quantitative estimate of drug-likeness (QED) is 0.662. The number of hydrogen-bond acceptors (Lipinski definition) is 2. The number of benzene rings is 2. The summed E-state index contributed by atoms with van der Waals surface area (Å²) >= 11 is 5.78. The maximum absolute atomic E-state index is 11.8. The Kier molecular flexibility index (Phi) is 4.43. The molecule has 20 heavy (non-hydrogen) atoms. The molecule has 0 atom stereocenters. The van der Waals surface area contributed by atoms with Gasteiger partial charge in [0.05, 0.1) is 5.69 Å². The number of aryl methyl sites for hydroxylation is 1. The number of amides is 1. The molecule has 1 amide bonds. The van der Waals surface area contributed by atoms with Gasteiger partial charge < -0.3 is 10.4 Å². The number of phenols is 1. The molecule has 3 nitrogen and oxygen atoms in total. The Morgan fingerprint density at radius 3 is 2.60 bits per heavy atom. The molecular weight excluding hydrogens is 274 g/mol. The van der Waals surface area contributed by atoms with Crippen LogP contribution in [0.5, 0.6) is 5.75 Å². The molecule has 2 aromatic carbocycles. The second-order valence-corrected chi connectivity index (χ2v) is 4.83. The van der Waals surface area contributed by atoms with Gasteiger partial charge in [-0.15, -0.1) is 0 Å². The number of nitrogens with one attached hydrogen (secondary N) is 1. The van der Waals surface area contributed by atoms with Crippen LogP contribution in [0.1, 0.15) is 11.1 Å². The van der Waals surface area contributed by atoms with Crippen molar-refractivity contribution in [3.63, 3.8) is 0 Å². The molecule has 0 fully saturated rings. The third-order valence-electron chi connectivity index (χ3n) is 2.71. The zero-order valence-electron chi connectivity index (χ0n) is 10.9. The topological polar surface area (TPSA) is 49.3 Å². The van der Waals surface area contributed by atoms with E-state index in [0.29, 0.717) is 10.7 Å². The Labute approximate surface area is 122 Å². The predicted molar refractivity (Wildman–Crippen MR) is 82.0 cm³/mol. The third-order valence-corrected chi connectivity index (χ3v) is 2.96. The van der Waals surface area contributed by atoms with Crippen molar-refractivity contribution in [2.24, 2.45) is 0 Å². The summed E-state index contributed by atoms with van der Waals surface area (Å²) in [5, 5.41) is 12.9. The minimum Gasteiger partial charge on any atom is -0.506 e. The lowest BCUT2D eigenvalue weighted by Gasteiger charge is -2.05. The highest BCUT2D eigenvalue weighted by molar-refractivity contribution is 6.30. The van der Waals surface area contributed by atoms with E-state index in [4.69, 9.17) is 11.6 Å². The standard InChI is InChI=1S/C16H14ClNO2/c1-11-2-8-15(19)14(10-11)18-16(20)9-5-12-3-6-13(17)7-4-12/h2-10,19H,1H3,(H,18,20)/b9-5+. The lowest BCUT2D eigenvalue weighted by molar-refractivity contribution is -0.111. The summed E-state index contributed by atoms with van der Waals surface area (Å²) in [6.45, 7) is 1.89. The minimum atomic E-state index is -0.305. The first-order valence-corrected chi connectivity index (χ1v) is 6.46. The van der Waals surface area contributed by atoms with Crippen molar-refractivity contribution in [2.45, 2.75) is 6.92 Å². The molecule has 0 aliphatic rings. The summed E-state index contributed by atoms with van der Waals surface area (Å²) < 4.78 is 0. The maximum Gasteiger partial charge on any atom is 0.248 e. The molecule has 0 aliphatic carbocycles. The number of hydrogen-bond donors (Lipinski definition) is 2. The van der Waals surface area contributed by atoms with Gasteiger partial charge in [-0.05, 0) is 48.4 Å². The Morgan fingerprint density at radius 1 is 1.20 bits per heavy atom. The second kappa shape index (κ2) is 6.26. The highest BCUT2D eigenvalue weighted by atomic mass is 35.5. The normalized spacial score (nSPS) is 10.7. The summed E-state index contributed by atoms with van der Waals surface area (Å²) in [6.07, 6.45) is 3.09. The molecular formula is C16H14ClNO2. The van der Waals surface area contributed by atoms with Gasteiger partial charge in [-0.3, -0.25) is 4.79 Å². The molecule has 0 bridgehead atoms. The molecule has 0 heterocycles. The third kappa shape index (κ3) is 3.87. The minimum absolute atomic E-state index is 0.0452. The molecule has 2 aromatic rings. The van der Waals surface area contributed by atoms with Crippen LogP contribution in [0.4, 0.5) is 5.69 Å². The first-order valence-electron chi connectivity index (χ1n) is 6.09. The number of halogens is 1. The van der Waals surface area contributed by atoms with Gasteiger partial charge in [0.15, 0.2) is 0 Å². The van der Waals surface area contributed by atoms with Crippen molar-refractivity contribution in [1.29, 1.82) is 0 Å². The zero-order valence-corrected chi connectivity index (χ0v) is 11.7. The van der Waals surface area contributed by atoms with Crippen molar-refractivity contribution in [3.05, 3.63) is 64.7 Å². The van der Waals surface area contributed by atoms with Gasteiger partial charge in [0.1, 0.15) is 5.75 Å². The molecule has 0 aromatic heterocycles. The summed E-state index contributed by atoms with van der Waals surface area (Å²) in [5.74, 6) is -0.260. The number of aromatic hydroxyl groups is 1. The fraction of sp³-hybridized carbons (Fsp3) is 0.0625. The van der Waals surface area contributed by atoms with Gasteiger partial charge in [0.25, 0.3) is 0 Å². The molecule has 2 N–H and O–H groups in total. The molecule has 0 saturated carbocycles. The fourth-order valence-electron chi connectivity index (χ4n) is 1.67. The van der Waals surface area contributed by atoms with Crippen molar-refractivity contribution in [1.82, 2.24) is 0 Å². The summed E-state index contributed by atoms with van der Waals surface area (Å²) in [5.41, 5.74) is 2.23. The van der Waals surface area contributed by atoms with Crippen LogP contribution in [0.15, 0.2) is 48.5 Å². The monoisotopic (exact) mass is 287 g/mol. The lowest BCUT2D eigenvalue weighted by atomic mass is 10.2. The van der Waals surface area contributed by atoms with E-state index in [1.807, 2.05) is 19.1 Å². The predicted octanol–water partition coefficient (Wildman–Crippen LogP) is 4.01. The number of rotatable bonds is 3. The number of anilines is 1. The van der Waals surface area contributed by atoms with Crippen LogP contribution < -0.4 is 5.32 Å². The van der Waals surface area contributed by atoms with Crippen molar-refractivity contribution in [2.75, 3.05) is 5.32 Å². The largest absolute Gasteiger partial charge is 0.506 e. The second-order valence-electron chi connectivity index (χ2n) is 4.39. The SMILES string of the molecule is Cc1ccc(O)c(NC(=O)/C=C/c2ccc(Cl)cc2)c1. The molecule has 0 saturated heterocycles. The molecule has 102 valence electrons. The highest BCUT2D eigenvalue weighted by Gasteiger charge is 2.03. The van der Waals surface area contributed by atoms with E-state index in [2.05, 4.69) is 5.32 Å². The van der Waals surface area contributed by atoms with Crippen LogP contribution in [0, 0.1) is 6.92 Å². The van der Waals surface area contributed by atoms with Gasteiger partial charge in [0, 0.05) is 11.1 Å². The molecule has 0 unspecified atom stereocenters. The lowest BCUT2D eigenvalue weighted by Crippen LogP contribution is -2.07. The van der Waals surface area contributed by atoms with E-state index in [9.17, 15) is 9.90 Å². The molecule has 0 radical (unpaired) electrons. The zero-order chi connectivity index (χ0) is 14.5. The van der Waals surface area contributed by atoms with E-state index in [-0.39, 0.29) is 11.7 Å². The van der Waals surface area contributed by atoms with Crippen molar-refractivity contribution < 1.29 is 9.90 Å². The van der Waals surface area contributed by atoms with Crippen LogP contribution in [-0.4, -0.2) is 11.0 Å². The molecule has 0 aliphatic heterocycles. The first kappa shape index (κ1) is 14.2. The molecule has 0 spiro atoms. The van der Waals surface area contributed by atoms with Gasteiger partial charge in [0.2, 0.25) is 5.91 Å². The van der Waals surface area contributed by atoms with E-state index >= 15 is 0 Å². The summed E-state index contributed by atoms with van der Waals surface area (Å²) in [7, 11) is 0. The van der Waals surface area contributed by atoms with Gasteiger partial charge in [-0.2, -0.15) is 0 Å². The van der Waals surface area contributed by atoms with Crippen molar-refractivity contribution in [3.8, 4) is 5.75 Å². The van der Waals surface area contributed by atoms with E-state index < -0.39 is 0 Å². The number of carbonyl (C=O) groups excluding carboxylic acids is 1. The average Bonchev–Trinajstić information content (AvgIpc) is 2.42. The van der Waals surface area contributed by atoms with Gasteiger partial charge >= 0.3 is 0 Å². The summed E-state index contributed by atoms with van der Waals surface area (Å²) in [6, 6.07) is 12.2. The van der Waals surface area contributed by atoms with E-state index in [0.717, 1.165) is 11.1 Å². The Morgan fingerprint density at radius 2 is 1.90 bits per heavy atom. The van der Waals surface area contributed by atoms with Crippen LogP contribution in [0.25, 0.3) is 6.08 Å². The van der Waals surface area contributed by atoms with Crippen LogP contribution in [0.3, 0.4) is 0 Å². The van der Waals surface area contributed by atoms with Crippen LogP contribution in [0.2, 0.25) is 5.02 Å². The molecule has 4 heteroatoms. The van der Waals surface area contributed by atoms with E-state index in [1.165, 1.54) is 6.08 Å². The van der Waals surface area contributed by atoms with Gasteiger partial charge in [-0.25, -0.2) is 0 Å². The average molecular weight is 288 g/mol. The van der Waals surface area contributed by atoms with Crippen LogP contribution in [-0.2, 0) is 4.79 Å². The number of carbonyl (C=O) groups is 1. The smallest absolute Gasteiger partial charge is 0.248 e. The van der Waals surface area contributed by atoms with E-state index in [1.54, 1.807) is 36.4 Å². The Hall–Kier alpha value is -2.26.